The molecule has 0 saturated heterocycles. The quantitative estimate of drug-likeness (QED) is 0.125. The van der Waals surface area contributed by atoms with Gasteiger partial charge in [-0.15, -0.1) is 0 Å². The highest BCUT2D eigenvalue weighted by Crippen LogP contribution is 2.17. The molecule has 0 heterocycles. The van der Waals surface area contributed by atoms with Crippen molar-refractivity contribution >= 4 is 34.8 Å². The first-order chi connectivity index (χ1) is 21.6. The summed E-state index contributed by atoms with van der Waals surface area (Å²) in [5, 5.41) is 8.49. The summed E-state index contributed by atoms with van der Waals surface area (Å²) in [5.41, 5.74) is 11.9. The van der Waals surface area contributed by atoms with Crippen molar-refractivity contribution in [1.82, 2.24) is 10.6 Å². The van der Waals surface area contributed by atoms with E-state index in [0.717, 1.165) is 37.7 Å². The molecule has 0 spiro atoms. The van der Waals surface area contributed by atoms with Crippen molar-refractivity contribution in [3.8, 4) is 0 Å². The van der Waals surface area contributed by atoms with Crippen LogP contribution in [0.25, 0.3) is 10.8 Å². The monoisotopic (exact) mass is 620 g/mol. The number of fused-ring (bicyclic) bond motifs is 1. The lowest BCUT2D eigenvalue weighted by atomic mass is 10.0. The summed E-state index contributed by atoms with van der Waals surface area (Å²) in [7, 11) is 0. The molecule has 8 heteroatoms. The number of carbonyl (C=O) groups excluding carboxylic acids is 4. The largest absolute Gasteiger partial charge is 0.372 e. The molecule has 3 aromatic carbocycles. The minimum absolute atomic E-state index is 0.126. The maximum atomic E-state index is 12.0. The number of hydrogen-bond acceptors (Lipinski definition) is 5. The first-order valence-electron chi connectivity index (χ1n) is 16.0. The molecule has 8 nitrogen and oxygen atoms in total. The van der Waals surface area contributed by atoms with Crippen molar-refractivity contribution in [3.63, 3.8) is 0 Å². The first kappa shape index (κ1) is 41.0. The van der Waals surface area contributed by atoms with Crippen LogP contribution in [0.2, 0.25) is 0 Å². The number of Topliss-reactive ketones (excluding diaryl/α,β-unsaturated/α-hetero) is 1. The van der Waals surface area contributed by atoms with E-state index in [2.05, 4.69) is 67.5 Å². The van der Waals surface area contributed by atoms with Crippen LogP contribution in [0.15, 0.2) is 72.8 Å². The highest BCUT2D eigenvalue weighted by molar-refractivity contribution is 5.83. The third-order valence-corrected chi connectivity index (χ3v) is 7.28. The van der Waals surface area contributed by atoms with Crippen molar-refractivity contribution in [2.24, 2.45) is 17.4 Å². The van der Waals surface area contributed by atoms with E-state index < -0.39 is 0 Å². The number of carbonyl (C=O) groups is 4. The van der Waals surface area contributed by atoms with Crippen LogP contribution in [0.5, 0.6) is 0 Å². The maximum Gasteiger partial charge on any atom is 0.220 e. The molecule has 45 heavy (non-hydrogen) atoms. The Bertz CT molecular complexity index is 1230. The Hall–Kier alpha value is -4.04. The maximum absolute atomic E-state index is 12.0. The van der Waals surface area contributed by atoms with Gasteiger partial charge < -0.3 is 26.9 Å². The van der Waals surface area contributed by atoms with Crippen LogP contribution in [-0.2, 0) is 32.1 Å². The number of rotatable bonds is 14. The average molecular weight is 621 g/mol. The van der Waals surface area contributed by atoms with Gasteiger partial charge in [0.05, 0.1) is 0 Å². The second-order valence-electron chi connectivity index (χ2n) is 11.0. The summed E-state index contributed by atoms with van der Waals surface area (Å²) in [6.07, 6.45) is 6.93. The summed E-state index contributed by atoms with van der Waals surface area (Å²) in [6, 6.07) is 24.9. The number of nitrogens with one attached hydrogen (secondary N) is 2. The predicted molar refractivity (Wildman–Crippen MR) is 186 cm³/mol. The highest BCUT2D eigenvalue weighted by atomic mass is 16.2. The molecule has 248 valence electrons. The van der Waals surface area contributed by atoms with Gasteiger partial charge in [-0.3, -0.25) is 14.4 Å². The lowest BCUT2D eigenvalue weighted by Gasteiger charge is -2.19. The molecule has 0 aromatic heterocycles. The SMILES string of the molecule is CCC(C)=O.CCC(C)C(C)NC(=O)CCc1ccc2ccccc2c1.NC=O.NCCCCCC(=O)NCc1ccccc1. The van der Waals surface area contributed by atoms with Crippen LogP contribution in [0.3, 0.4) is 0 Å². The van der Waals surface area contributed by atoms with Gasteiger partial charge in [-0.2, -0.15) is 0 Å². The summed E-state index contributed by atoms with van der Waals surface area (Å²) in [5.74, 6) is 1.05. The lowest BCUT2D eigenvalue weighted by Crippen LogP contribution is -2.36. The molecular formula is C37H56N4O4. The molecule has 3 aromatic rings. The second-order valence-corrected chi connectivity index (χ2v) is 11.0. The average Bonchev–Trinajstić information content (AvgIpc) is 3.05. The van der Waals surface area contributed by atoms with Gasteiger partial charge in [-0.1, -0.05) is 106 Å². The molecule has 0 fully saturated rings. The Morgan fingerprint density at radius 2 is 1.40 bits per heavy atom. The van der Waals surface area contributed by atoms with Crippen LogP contribution in [0.4, 0.5) is 0 Å². The summed E-state index contributed by atoms with van der Waals surface area (Å²) in [4.78, 5) is 41.8. The topological polar surface area (TPSA) is 144 Å². The fraction of sp³-hybridized carbons (Fsp3) is 0.459. The number of amides is 3. The molecule has 3 rings (SSSR count). The van der Waals surface area contributed by atoms with Crippen LogP contribution < -0.4 is 22.1 Å². The van der Waals surface area contributed by atoms with Crippen LogP contribution >= 0.6 is 0 Å². The van der Waals surface area contributed by atoms with E-state index in [9.17, 15) is 14.4 Å². The van der Waals surface area contributed by atoms with E-state index in [1.54, 1.807) is 6.92 Å². The van der Waals surface area contributed by atoms with Gasteiger partial charge in [0.15, 0.2) is 0 Å². The second kappa shape index (κ2) is 26.4. The van der Waals surface area contributed by atoms with Crippen molar-refractivity contribution in [1.29, 1.82) is 0 Å². The molecule has 0 aliphatic heterocycles. The summed E-state index contributed by atoms with van der Waals surface area (Å²) < 4.78 is 0. The first-order valence-corrected chi connectivity index (χ1v) is 16.0. The fourth-order valence-electron chi connectivity index (χ4n) is 3.97. The minimum Gasteiger partial charge on any atom is -0.372 e. The molecule has 0 aliphatic rings. The number of aryl methyl sites for hydroxylation is 1. The molecule has 6 N–H and O–H groups in total. The molecule has 0 aliphatic carbocycles. The molecule has 0 radical (unpaired) electrons. The third-order valence-electron chi connectivity index (χ3n) is 7.28. The van der Waals surface area contributed by atoms with Crippen molar-refractivity contribution in [3.05, 3.63) is 83.9 Å². The highest BCUT2D eigenvalue weighted by Gasteiger charge is 2.13. The number of ketones is 1. The Labute approximate surface area is 270 Å². The van der Waals surface area contributed by atoms with Crippen molar-refractivity contribution < 1.29 is 19.2 Å². The Morgan fingerprint density at radius 3 is 1.98 bits per heavy atom. The van der Waals surface area contributed by atoms with Crippen LogP contribution in [0, 0.1) is 5.92 Å². The zero-order chi connectivity index (χ0) is 33.9. The van der Waals surface area contributed by atoms with E-state index in [0.29, 0.717) is 38.3 Å². The Morgan fingerprint density at radius 1 is 0.800 bits per heavy atom. The van der Waals surface area contributed by atoms with Gasteiger partial charge in [0.2, 0.25) is 18.2 Å². The van der Waals surface area contributed by atoms with Crippen molar-refractivity contribution in [2.75, 3.05) is 6.54 Å². The van der Waals surface area contributed by atoms with E-state index >= 15 is 0 Å². The van der Waals surface area contributed by atoms with E-state index in [-0.39, 0.29) is 30.0 Å². The number of primary amides is 1. The van der Waals surface area contributed by atoms with E-state index in [1.807, 2.05) is 49.4 Å². The zero-order valence-corrected chi connectivity index (χ0v) is 28.0. The van der Waals surface area contributed by atoms with E-state index in [1.165, 1.54) is 16.3 Å². The zero-order valence-electron chi connectivity index (χ0n) is 28.0. The smallest absolute Gasteiger partial charge is 0.220 e. The normalized spacial score (nSPS) is 11.2. The third kappa shape index (κ3) is 21.3. The van der Waals surface area contributed by atoms with Gasteiger partial charge in [-0.05, 0) is 67.5 Å². The molecule has 3 amide bonds. The van der Waals surface area contributed by atoms with E-state index in [4.69, 9.17) is 10.5 Å². The fourth-order valence-corrected chi connectivity index (χ4v) is 3.97. The van der Waals surface area contributed by atoms with Gasteiger partial charge in [0.25, 0.3) is 0 Å². The summed E-state index contributed by atoms with van der Waals surface area (Å²) in [6.45, 7) is 11.2. The molecule has 2 atom stereocenters. The van der Waals surface area contributed by atoms with Gasteiger partial charge in [-0.25, -0.2) is 0 Å². The molecular weight excluding hydrogens is 564 g/mol. The number of nitrogens with two attached hydrogens (primary N) is 2. The standard InChI is InChI=1S/C19H25NO.C13H20N2O.C4H8O.CH3NO/c1-4-14(2)15(3)20-19(21)12-10-16-9-11-17-7-5-6-8-18(17)13-16;14-10-6-2-5-9-13(16)15-11-12-7-3-1-4-8-12;1-3-4(2)5;2-1-3/h5-9,11,13-15H,4,10,12H2,1-3H3,(H,20,21);1,3-4,7-8H,2,5-6,9-11,14H2,(H,15,16);3H2,1-2H3;1H,(H2,2,3). The van der Waals surface area contributed by atoms with Gasteiger partial charge >= 0.3 is 0 Å². The Kier molecular flexibility index (Phi) is 24.0. The van der Waals surface area contributed by atoms with Crippen LogP contribution in [-0.4, -0.2) is 36.6 Å². The number of hydrogen-bond donors (Lipinski definition) is 4. The predicted octanol–water partition coefficient (Wildman–Crippen LogP) is 6.23. The van der Waals surface area contributed by atoms with Gasteiger partial charge in [0.1, 0.15) is 5.78 Å². The molecule has 2 unspecified atom stereocenters. The van der Waals surface area contributed by atoms with Crippen LogP contribution in [0.1, 0.15) is 90.7 Å². The van der Waals surface area contributed by atoms with Gasteiger partial charge in [0, 0.05) is 31.8 Å². The van der Waals surface area contributed by atoms with Crippen molar-refractivity contribution in [2.45, 2.75) is 98.6 Å². The number of benzene rings is 3. The Balaban J connectivity index is 0.000000711. The number of unbranched alkanes of at least 4 members (excludes halogenated alkanes) is 2. The minimum atomic E-state index is 0.126. The summed E-state index contributed by atoms with van der Waals surface area (Å²) >= 11 is 0. The molecule has 0 saturated carbocycles. The molecule has 0 bridgehead atoms. The lowest BCUT2D eigenvalue weighted by molar-refractivity contribution is -0.122.